The summed E-state index contributed by atoms with van der Waals surface area (Å²) >= 11 is 28.2. The number of benzene rings is 1. The standard InChI is InChI=1S/C6HCl5.Mg.2H/c7-2-1-3(8)5(10)6(11)4(2)9;;;/h1H;;;/q;+2;2*-1. The van der Waals surface area contributed by atoms with Gasteiger partial charge in [0.1, 0.15) is 0 Å². The normalized spacial score (nSPS) is 9.42. The van der Waals surface area contributed by atoms with Gasteiger partial charge in [0, 0.05) is 0 Å². The van der Waals surface area contributed by atoms with Gasteiger partial charge in [-0.2, -0.15) is 0 Å². The van der Waals surface area contributed by atoms with Crippen molar-refractivity contribution in [3.8, 4) is 0 Å². The molecule has 0 aliphatic rings. The quantitative estimate of drug-likeness (QED) is 0.363. The van der Waals surface area contributed by atoms with Crippen molar-refractivity contribution in [2.24, 2.45) is 0 Å². The molecule has 6 heteroatoms. The zero-order valence-electron chi connectivity index (χ0n) is 7.67. The second-order valence-corrected chi connectivity index (χ2v) is 3.73. The van der Waals surface area contributed by atoms with Crippen molar-refractivity contribution >= 4 is 81.1 Å². The molecule has 64 valence electrons. The Morgan fingerprint density at radius 2 is 1.08 bits per heavy atom. The summed E-state index contributed by atoms with van der Waals surface area (Å²) < 4.78 is 0. The van der Waals surface area contributed by atoms with E-state index < -0.39 is 0 Å². The second-order valence-electron chi connectivity index (χ2n) is 1.78. The van der Waals surface area contributed by atoms with Gasteiger partial charge in [-0.3, -0.25) is 0 Å². The van der Waals surface area contributed by atoms with Crippen LogP contribution >= 0.6 is 58.0 Å². The van der Waals surface area contributed by atoms with Crippen LogP contribution in [-0.4, -0.2) is 23.1 Å². The van der Waals surface area contributed by atoms with Crippen LogP contribution < -0.4 is 0 Å². The van der Waals surface area contributed by atoms with Gasteiger partial charge in [0.05, 0.1) is 25.1 Å². The molecule has 1 rings (SSSR count). The van der Waals surface area contributed by atoms with Crippen molar-refractivity contribution < 1.29 is 2.85 Å². The van der Waals surface area contributed by atoms with E-state index in [-0.39, 0.29) is 41.0 Å². The van der Waals surface area contributed by atoms with Crippen molar-refractivity contribution in [1.82, 2.24) is 0 Å². The summed E-state index contributed by atoms with van der Waals surface area (Å²) in [7, 11) is 0. The minimum Gasteiger partial charge on any atom is -1.00 e. The third kappa shape index (κ3) is 2.71. The molecule has 12 heavy (non-hydrogen) atoms. The van der Waals surface area contributed by atoms with Crippen LogP contribution in [-0.2, 0) is 0 Å². The van der Waals surface area contributed by atoms with Crippen LogP contribution in [0, 0.1) is 0 Å². The third-order valence-corrected chi connectivity index (χ3v) is 3.20. The first kappa shape index (κ1) is 13.4. The molecule has 0 N–H and O–H groups in total. The summed E-state index contributed by atoms with van der Waals surface area (Å²) in [5.41, 5.74) is 0. The molecule has 0 aliphatic carbocycles. The largest absolute Gasteiger partial charge is 2.00 e. The molecule has 0 unspecified atom stereocenters. The Balaban J connectivity index is -0.000000403. The Morgan fingerprint density at radius 3 is 1.42 bits per heavy atom. The van der Waals surface area contributed by atoms with E-state index in [2.05, 4.69) is 0 Å². The zero-order chi connectivity index (χ0) is 8.59. The number of hydrogen-bond donors (Lipinski definition) is 0. The maximum absolute atomic E-state index is 5.66. The van der Waals surface area contributed by atoms with Crippen molar-refractivity contribution in [2.75, 3.05) is 0 Å². The van der Waals surface area contributed by atoms with Crippen LogP contribution in [0.4, 0.5) is 0 Å². The molecule has 0 radical (unpaired) electrons. The van der Waals surface area contributed by atoms with E-state index in [0.717, 1.165) is 0 Å². The smallest absolute Gasteiger partial charge is 1.00 e. The molecular formula is C6H3Cl5Mg. The SMILES string of the molecule is Clc1cc(Cl)c(Cl)c(Cl)c1Cl.[H-].[H-].[Mg+2]. The van der Waals surface area contributed by atoms with Gasteiger partial charge in [0.25, 0.3) is 0 Å². The molecule has 1 aromatic carbocycles. The number of rotatable bonds is 0. The fraction of sp³-hybridized carbons (Fsp3) is 0. The molecule has 0 atom stereocenters. The fourth-order valence-electron chi connectivity index (χ4n) is 0.544. The predicted molar refractivity (Wildman–Crippen MR) is 59.5 cm³/mol. The Kier molecular flexibility index (Phi) is 5.99. The molecule has 0 bridgehead atoms. The van der Waals surface area contributed by atoms with Gasteiger partial charge >= 0.3 is 23.1 Å². The van der Waals surface area contributed by atoms with E-state index in [4.69, 9.17) is 58.0 Å². The van der Waals surface area contributed by atoms with Crippen molar-refractivity contribution in [1.29, 1.82) is 0 Å². The molecule has 0 saturated carbocycles. The minimum absolute atomic E-state index is 0. The number of hydrogen-bond acceptors (Lipinski definition) is 0. The molecule has 0 fully saturated rings. The molecule has 1 aromatic rings. The Morgan fingerprint density at radius 1 is 0.750 bits per heavy atom. The molecular weight excluding hydrogens is 274 g/mol. The van der Waals surface area contributed by atoms with E-state index in [9.17, 15) is 0 Å². The average molecular weight is 277 g/mol. The van der Waals surface area contributed by atoms with Gasteiger partial charge in [0.2, 0.25) is 0 Å². The van der Waals surface area contributed by atoms with Crippen molar-refractivity contribution in [3.63, 3.8) is 0 Å². The van der Waals surface area contributed by atoms with Gasteiger partial charge in [-0.25, -0.2) is 0 Å². The molecule has 0 spiro atoms. The molecule has 0 heterocycles. The maximum atomic E-state index is 5.66. The summed E-state index contributed by atoms with van der Waals surface area (Å²) in [6.07, 6.45) is 0. The van der Waals surface area contributed by atoms with Gasteiger partial charge in [-0.15, -0.1) is 0 Å². The van der Waals surface area contributed by atoms with Crippen molar-refractivity contribution in [3.05, 3.63) is 31.2 Å². The summed E-state index contributed by atoms with van der Waals surface area (Å²) in [6, 6.07) is 1.44. The van der Waals surface area contributed by atoms with Gasteiger partial charge < -0.3 is 2.85 Å². The Hall–Kier alpha value is 1.44. The first-order chi connectivity index (χ1) is 5.04. The van der Waals surface area contributed by atoms with Gasteiger partial charge in [0.15, 0.2) is 0 Å². The van der Waals surface area contributed by atoms with Crippen LogP contribution in [0.15, 0.2) is 6.07 Å². The van der Waals surface area contributed by atoms with E-state index in [1.165, 1.54) is 6.07 Å². The van der Waals surface area contributed by atoms with E-state index >= 15 is 0 Å². The maximum Gasteiger partial charge on any atom is 2.00 e. The third-order valence-electron chi connectivity index (χ3n) is 1.06. The molecule has 0 amide bonds. The fourth-order valence-corrected chi connectivity index (χ4v) is 1.65. The summed E-state index contributed by atoms with van der Waals surface area (Å²) in [5, 5.41) is 1.23. The Labute approximate surface area is 114 Å². The summed E-state index contributed by atoms with van der Waals surface area (Å²) in [4.78, 5) is 0. The Bertz CT molecular complexity index is 281. The van der Waals surface area contributed by atoms with Crippen LogP contribution in [0.3, 0.4) is 0 Å². The average Bonchev–Trinajstić information content (AvgIpc) is 1.97. The summed E-state index contributed by atoms with van der Waals surface area (Å²) in [5.74, 6) is 0. The zero-order valence-corrected chi connectivity index (χ0v) is 10.9. The minimum atomic E-state index is 0. The first-order valence-corrected chi connectivity index (χ1v) is 4.41. The molecule has 0 saturated heterocycles. The van der Waals surface area contributed by atoms with Crippen LogP contribution in [0.2, 0.25) is 25.1 Å². The monoisotopic (exact) mass is 274 g/mol. The van der Waals surface area contributed by atoms with E-state index in [1.54, 1.807) is 0 Å². The van der Waals surface area contributed by atoms with Crippen molar-refractivity contribution in [2.45, 2.75) is 0 Å². The summed E-state index contributed by atoms with van der Waals surface area (Å²) in [6.45, 7) is 0. The second kappa shape index (κ2) is 5.35. The van der Waals surface area contributed by atoms with Crippen LogP contribution in [0.25, 0.3) is 0 Å². The number of halogens is 5. The van der Waals surface area contributed by atoms with E-state index in [0.29, 0.717) is 10.0 Å². The first-order valence-electron chi connectivity index (χ1n) is 2.52. The van der Waals surface area contributed by atoms with Crippen LogP contribution in [0.5, 0.6) is 0 Å². The molecule has 0 nitrogen and oxygen atoms in total. The van der Waals surface area contributed by atoms with Crippen LogP contribution in [0.1, 0.15) is 2.85 Å². The van der Waals surface area contributed by atoms with Gasteiger partial charge in [-0.1, -0.05) is 58.0 Å². The predicted octanol–water partition coefficient (Wildman–Crippen LogP) is 4.80. The molecule has 0 aromatic heterocycles. The van der Waals surface area contributed by atoms with Gasteiger partial charge in [-0.05, 0) is 6.07 Å². The van der Waals surface area contributed by atoms with E-state index in [1.807, 2.05) is 0 Å². The molecule has 0 aliphatic heterocycles. The topological polar surface area (TPSA) is 0 Å².